The van der Waals surface area contributed by atoms with Crippen LogP contribution in [0.15, 0.2) is 42.5 Å². The predicted octanol–water partition coefficient (Wildman–Crippen LogP) is 4.20. The lowest BCUT2D eigenvalue weighted by molar-refractivity contribution is -0.123. The van der Waals surface area contributed by atoms with Gasteiger partial charge in [-0.15, -0.1) is 0 Å². The lowest BCUT2D eigenvalue weighted by Gasteiger charge is -2.24. The Hall–Kier alpha value is -2.24. The molecule has 2 aromatic carbocycles. The number of hydrogen-bond donors (Lipinski definition) is 1. The molecule has 1 N–H and O–H groups in total. The van der Waals surface area contributed by atoms with E-state index in [0.29, 0.717) is 24.2 Å². The highest BCUT2D eigenvalue weighted by Crippen LogP contribution is 2.31. The molecule has 1 amide bonds. The van der Waals surface area contributed by atoms with Crippen LogP contribution >= 0.6 is 11.6 Å². The minimum Gasteiger partial charge on any atom is -0.497 e. The van der Waals surface area contributed by atoms with Crippen molar-refractivity contribution in [1.29, 1.82) is 0 Å². The van der Waals surface area contributed by atoms with Crippen LogP contribution < -0.4 is 14.8 Å². The van der Waals surface area contributed by atoms with E-state index in [-0.39, 0.29) is 11.9 Å². The summed E-state index contributed by atoms with van der Waals surface area (Å²) in [5.41, 5.74) is 2.05. The Labute approximate surface area is 171 Å². The molecule has 0 radical (unpaired) electrons. The first-order valence-electron chi connectivity index (χ1n) is 9.50. The Morgan fingerprint density at radius 2 is 1.89 bits per heavy atom. The second-order valence-corrected chi connectivity index (χ2v) is 7.59. The van der Waals surface area contributed by atoms with E-state index in [1.807, 2.05) is 49.4 Å². The van der Waals surface area contributed by atoms with Gasteiger partial charge in [0.1, 0.15) is 11.5 Å². The molecular weight excluding hydrogens is 376 g/mol. The molecule has 28 heavy (non-hydrogen) atoms. The van der Waals surface area contributed by atoms with Crippen LogP contribution in [0.3, 0.4) is 0 Å². The van der Waals surface area contributed by atoms with Gasteiger partial charge in [-0.05, 0) is 55.7 Å². The summed E-state index contributed by atoms with van der Waals surface area (Å²) in [4.78, 5) is 14.9. The zero-order chi connectivity index (χ0) is 20.1. The van der Waals surface area contributed by atoms with Crippen LogP contribution in [0.5, 0.6) is 11.5 Å². The van der Waals surface area contributed by atoms with Crippen LogP contribution in [0.1, 0.15) is 36.9 Å². The molecule has 2 aromatic rings. The number of carbonyl (C=O) groups is 1. The summed E-state index contributed by atoms with van der Waals surface area (Å²) in [6.07, 6.45) is 2.23. The number of hydrogen-bond acceptors (Lipinski definition) is 4. The van der Waals surface area contributed by atoms with Crippen LogP contribution in [0, 0.1) is 0 Å². The highest BCUT2D eigenvalue weighted by Gasteiger charge is 2.31. The van der Waals surface area contributed by atoms with Gasteiger partial charge >= 0.3 is 0 Å². The molecule has 3 rings (SSSR count). The standard InChI is InChI=1S/C22H27ClN2O3/c1-15(16-4-6-18(23)7-5-16)24-22(26)14-25(19-8-9-19)13-17-12-20(27-2)10-11-21(17)28-3/h4-7,10-12,15,19H,8-9,13-14H2,1-3H3,(H,24,26). The average Bonchev–Trinajstić information content (AvgIpc) is 3.53. The Morgan fingerprint density at radius 3 is 2.50 bits per heavy atom. The van der Waals surface area contributed by atoms with Crippen LogP contribution in [0.25, 0.3) is 0 Å². The first kappa shape index (κ1) is 20.5. The monoisotopic (exact) mass is 402 g/mol. The number of ether oxygens (including phenoxy) is 2. The molecule has 1 unspecified atom stereocenters. The molecule has 1 atom stereocenters. The van der Waals surface area contributed by atoms with Crippen LogP contribution in [-0.4, -0.2) is 37.6 Å². The second kappa shape index (κ2) is 9.30. The maximum atomic E-state index is 12.7. The van der Waals surface area contributed by atoms with Gasteiger partial charge in [-0.1, -0.05) is 23.7 Å². The smallest absolute Gasteiger partial charge is 0.234 e. The van der Waals surface area contributed by atoms with Gasteiger partial charge in [-0.3, -0.25) is 9.69 Å². The lowest BCUT2D eigenvalue weighted by atomic mass is 10.1. The van der Waals surface area contributed by atoms with Gasteiger partial charge in [-0.25, -0.2) is 0 Å². The number of nitrogens with one attached hydrogen (secondary N) is 1. The molecule has 0 bridgehead atoms. The van der Waals surface area contributed by atoms with Crippen molar-refractivity contribution in [3.63, 3.8) is 0 Å². The summed E-state index contributed by atoms with van der Waals surface area (Å²) < 4.78 is 10.8. The molecule has 0 heterocycles. The average molecular weight is 403 g/mol. The van der Waals surface area contributed by atoms with E-state index in [1.165, 1.54) is 0 Å². The van der Waals surface area contributed by atoms with E-state index in [1.54, 1.807) is 14.2 Å². The zero-order valence-electron chi connectivity index (χ0n) is 16.6. The number of amides is 1. The largest absolute Gasteiger partial charge is 0.497 e. The first-order chi connectivity index (χ1) is 13.5. The summed E-state index contributed by atoms with van der Waals surface area (Å²) in [5, 5.41) is 3.78. The number of halogens is 1. The molecule has 0 aliphatic heterocycles. The predicted molar refractivity (Wildman–Crippen MR) is 111 cm³/mol. The van der Waals surface area contributed by atoms with Gasteiger partial charge in [0.15, 0.2) is 0 Å². The van der Waals surface area contributed by atoms with Crippen molar-refractivity contribution >= 4 is 17.5 Å². The van der Waals surface area contributed by atoms with Crippen molar-refractivity contribution in [3.05, 3.63) is 58.6 Å². The molecule has 1 fully saturated rings. The fourth-order valence-corrected chi connectivity index (χ4v) is 3.41. The first-order valence-corrected chi connectivity index (χ1v) is 9.87. The van der Waals surface area contributed by atoms with Crippen molar-refractivity contribution in [3.8, 4) is 11.5 Å². The molecule has 1 saturated carbocycles. The molecule has 5 nitrogen and oxygen atoms in total. The zero-order valence-corrected chi connectivity index (χ0v) is 17.3. The molecular formula is C22H27ClN2O3. The van der Waals surface area contributed by atoms with E-state index in [0.717, 1.165) is 35.5 Å². The Kier molecular flexibility index (Phi) is 6.81. The maximum Gasteiger partial charge on any atom is 0.234 e. The highest BCUT2D eigenvalue weighted by molar-refractivity contribution is 6.30. The number of nitrogens with zero attached hydrogens (tertiary/aromatic N) is 1. The van der Waals surface area contributed by atoms with E-state index >= 15 is 0 Å². The van der Waals surface area contributed by atoms with Gasteiger partial charge in [-0.2, -0.15) is 0 Å². The molecule has 150 valence electrons. The normalized spacial score (nSPS) is 14.6. The number of benzene rings is 2. The molecule has 1 aliphatic rings. The Morgan fingerprint density at radius 1 is 1.18 bits per heavy atom. The van der Waals surface area contributed by atoms with Crippen molar-refractivity contribution < 1.29 is 14.3 Å². The van der Waals surface area contributed by atoms with E-state index in [4.69, 9.17) is 21.1 Å². The van der Waals surface area contributed by atoms with Crippen molar-refractivity contribution in [1.82, 2.24) is 10.2 Å². The summed E-state index contributed by atoms with van der Waals surface area (Å²) in [6, 6.07) is 13.7. The van der Waals surface area contributed by atoms with E-state index in [2.05, 4.69) is 10.2 Å². The van der Waals surface area contributed by atoms with Gasteiger partial charge in [0.25, 0.3) is 0 Å². The third kappa shape index (κ3) is 5.40. The summed E-state index contributed by atoms with van der Waals surface area (Å²) in [6.45, 7) is 2.98. The van der Waals surface area contributed by atoms with Gasteiger partial charge in [0, 0.05) is 23.2 Å². The number of methoxy groups -OCH3 is 2. The van der Waals surface area contributed by atoms with Crippen LogP contribution in [0.4, 0.5) is 0 Å². The maximum absolute atomic E-state index is 12.7. The van der Waals surface area contributed by atoms with Gasteiger partial charge < -0.3 is 14.8 Å². The number of rotatable bonds is 9. The third-order valence-electron chi connectivity index (χ3n) is 5.02. The summed E-state index contributed by atoms with van der Waals surface area (Å²) in [7, 11) is 3.31. The van der Waals surface area contributed by atoms with Crippen molar-refractivity contribution in [2.75, 3.05) is 20.8 Å². The fourth-order valence-electron chi connectivity index (χ4n) is 3.28. The third-order valence-corrected chi connectivity index (χ3v) is 5.27. The minimum absolute atomic E-state index is 0.0104. The summed E-state index contributed by atoms with van der Waals surface area (Å²) >= 11 is 5.94. The van der Waals surface area contributed by atoms with E-state index < -0.39 is 0 Å². The second-order valence-electron chi connectivity index (χ2n) is 7.15. The minimum atomic E-state index is -0.0721. The summed E-state index contributed by atoms with van der Waals surface area (Å²) in [5.74, 6) is 1.60. The highest BCUT2D eigenvalue weighted by atomic mass is 35.5. The van der Waals surface area contributed by atoms with Gasteiger partial charge in [0.2, 0.25) is 5.91 Å². The topological polar surface area (TPSA) is 50.8 Å². The Bertz CT molecular complexity index is 806. The SMILES string of the molecule is COc1ccc(OC)c(CN(CC(=O)NC(C)c2ccc(Cl)cc2)C2CC2)c1. The number of carbonyl (C=O) groups excluding carboxylic acids is 1. The molecule has 0 aromatic heterocycles. The van der Waals surface area contributed by atoms with Crippen molar-refractivity contribution in [2.45, 2.75) is 38.4 Å². The quantitative estimate of drug-likeness (QED) is 0.683. The molecule has 0 spiro atoms. The van der Waals surface area contributed by atoms with Crippen LogP contribution in [-0.2, 0) is 11.3 Å². The fraction of sp³-hybridized carbons (Fsp3) is 0.409. The van der Waals surface area contributed by atoms with Gasteiger partial charge in [0.05, 0.1) is 26.8 Å². The molecule has 1 aliphatic carbocycles. The lowest BCUT2D eigenvalue weighted by Crippen LogP contribution is -2.39. The molecule has 6 heteroatoms. The van der Waals surface area contributed by atoms with E-state index in [9.17, 15) is 4.79 Å². The molecule has 0 saturated heterocycles. The van der Waals surface area contributed by atoms with Crippen LogP contribution in [0.2, 0.25) is 5.02 Å². The van der Waals surface area contributed by atoms with Crippen molar-refractivity contribution in [2.24, 2.45) is 0 Å². The Balaban J connectivity index is 1.65.